The topological polar surface area (TPSA) is 77.8 Å². The molecule has 19 heavy (non-hydrogen) atoms. The molecule has 2 N–H and O–H groups in total. The molecule has 0 saturated heterocycles. The molecule has 0 aromatic carbocycles. The van der Waals surface area contributed by atoms with Crippen LogP contribution in [-0.4, -0.2) is 20.7 Å². The smallest absolute Gasteiger partial charge is 0.227 e. The third kappa shape index (κ3) is 4.09. The number of nitrogens with zero attached hydrogens (tertiary/aromatic N) is 3. The summed E-state index contributed by atoms with van der Waals surface area (Å²) in [6, 6.07) is 1.89. The Balaban J connectivity index is 2.16. The van der Waals surface area contributed by atoms with Crippen molar-refractivity contribution < 1.29 is 4.52 Å². The van der Waals surface area contributed by atoms with E-state index in [0.717, 1.165) is 15.4 Å². The van der Waals surface area contributed by atoms with Crippen LogP contribution in [0.5, 0.6) is 0 Å². The zero-order valence-corrected chi connectivity index (χ0v) is 13.8. The van der Waals surface area contributed by atoms with Crippen LogP contribution in [0.4, 0.5) is 0 Å². The molecule has 2 rings (SSSR count). The molecule has 2 heterocycles. The lowest BCUT2D eigenvalue weighted by molar-refractivity contribution is 0.358. The second-order valence-corrected chi connectivity index (χ2v) is 6.75. The zero-order valence-electron chi connectivity index (χ0n) is 10.7. The summed E-state index contributed by atoms with van der Waals surface area (Å²) in [6.45, 7) is 3.94. The largest absolute Gasteiger partial charge is 0.339 e. The monoisotopic (exact) mass is 388 g/mol. The number of nitrogens with two attached hydrogens (primary N) is 1. The highest BCUT2D eigenvalue weighted by atomic mass is 79.9. The van der Waals surface area contributed by atoms with Crippen molar-refractivity contribution in [3.8, 4) is 11.5 Å². The van der Waals surface area contributed by atoms with Crippen LogP contribution < -0.4 is 5.73 Å². The van der Waals surface area contributed by atoms with Gasteiger partial charge in [0.2, 0.25) is 11.7 Å². The Hall–Kier alpha value is -0.790. The van der Waals surface area contributed by atoms with Gasteiger partial charge in [0.1, 0.15) is 5.69 Å². The highest BCUT2D eigenvalue weighted by Gasteiger charge is 2.16. The lowest BCUT2D eigenvalue weighted by Crippen LogP contribution is -2.32. The molecule has 2 aromatic heterocycles. The standard InChI is InChI=1S/C12H14Br2N4O/c1-12(2,15)4-3-9-17-11(18-19-9)10-8(14)5-7(13)6-16-10/h5-6H,3-4,15H2,1-2H3. The molecule has 0 unspecified atom stereocenters. The van der Waals surface area contributed by atoms with Crippen molar-refractivity contribution in [3.05, 3.63) is 27.1 Å². The van der Waals surface area contributed by atoms with Crippen LogP contribution in [0.3, 0.4) is 0 Å². The van der Waals surface area contributed by atoms with Crippen LogP contribution in [0.15, 0.2) is 25.7 Å². The summed E-state index contributed by atoms with van der Waals surface area (Å²) in [5.41, 5.74) is 6.34. The molecule has 0 saturated carbocycles. The summed E-state index contributed by atoms with van der Waals surface area (Å²) in [6.07, 6.45) is 3.13. The first-order valence-corrected chi connectivity index (χ1v) is 7.37. The number of aryl methyl sites for hydroxylation is 1. The van der Waals surface area contributed by atoms with E-state index in [4.69, 9.17) is 10.3 Å². The molecule has 5 nitrogen and oxygen atoms in total. The lowest BCUT2D eigenvalue weighted by Gasteiger charge is -2.16. The van der Waals surface area contributed by atoms with Crippen molar-refractivity contribution in [2.45, 2.75) is 32.2 Å². The summed E-state index contributed by atoms with van der Waals surface area (Å²) in [4.78, 5) is 8.60. The Bertz CT molecular complexity index is 577. The molecular weight excluding hydrogens is 376 g/mol. The summed E-state index contributed by atoms with van der Waals surface area (Å²) in [5.74, 6) is 1.05. The summed E-state index contributed by atoms with van der Waals surface area (Å²) < 4.78 is 6.91. The van der Waals surface area contributed by atoms with E-state index in [0.29, 0.717) is 23.8 Å². The second kappa shape index (κ2) is 5.68. The minimum absolute atomic E-state index is 0.245. The molecule has 7 heteroatoms. The van der Waals surface area contributed by atoms with Gasteiger partial charge in [0.25, 0.3) is 0 Å². The zero-order chi connectivity index (χ0) is 14.0. The van der Waals surface area contributed by atoms with Gasteiger partial charge in [0, 0.05) is 27.1 Å². The maximum Gasteiger partial charge on any atom is 0.227 e. The summed E-state index contributed by atoms with van der Waals surface area (Å²) in [5, 5.41) is 3.94. The van der Waals surface area contributed by atoms with Crippen molar-refractivity contribution in [2.75, 3.05) is 0 Å². The predicted octanol–water partition coefficient (Wildman–Crippen LogP) is 3.33. The van der Waals surface area contributed by atoms with Gasteiger partial charge in [0.15, 0.2) is 0 Å². The predicted molar refractivity (Wildman–Crippen MR) is 79.5 cm³/mol. The molecule has 0 bridgehead atoms. The van der Waals surface area contributed by atoms with Crippen LogP contribution in [0.25, 0.3) is 11.5 Å². The molecule has 102 valence electrons. The van der Waals surface area contributed by atoms with Crippen LogP contribution in [0.1, 0.15) is 26.2 Å². The minimum Gasteiger partial charge on any atom is -0.339 e. The van der Waals surface area contributed by atoms with Crippen molar-refractivity contribution in [1.29, 1.82) is 0 Å². The highest BCUT2D eigenvalue weighted by Crippen LogP contribution is 2.26. The number of halogens is 2. The van der Waals surface area contributed by atoms with Crippen molar-refractivity contribution in [2.24, 2.45) is 5.73 Å². The number of hydrogen-bond acceptors (Lipinski definition) is 5. The Morgan fingerprint density at radius 1 is 1.37 bits per heavy atom. The van der Waals surface area contributed by atoms with Gasteiger partial charge in [-0.05, 0) is 58.2 Å². The average Bonchev–Trinajstić information content (AvgIpc) is 2.74. The van der Waals surface area contributed by atoms with E-state index in [9.17, 15) is 0 Å². The number of pyridine rings is 1. The van der Waals surface area contributed by atoms with Gasteiger partial charge < -0.3 is 10.3 Å². The molecule has 0 fully saturated rings. The first-order valence-electron chi connectivity index (χ1n) is 5.78. The Labute approximate surface area is 128 Å². The molecule has 0 radical (unpaired) electrons. The molecule has 2 aromatic rings. The molecule has 0 aliphatic carbocycles. The number of hydrogen-bond donors (Lipinski definition) is 1. The normalized spacial score (nSPS) is 11.8. The lowest BCUT2D eigenvalue weighted by atomic mass is 10.0. The van der Waals surface area contributed by atoms with Crippen molar-refractivity contribution >= 4 is 31.9 Å². The van der Waals surface area contributed by atoms with Gasteiger partial charge in [-0.1, -0.05) is 5.16 Å². The maximum absolute atomic E-state index is 5.93. The maximum atomic E-state index is 5.93. The average molecular weight is 390 g/mol. The van der Waals surface area contributed by atoms with E-state index in [2.05, 4.69) is 47.0 Å². The van der Waals surface area contributed by atoms with Gasteiger partial charge in [-0.15, -0.1) is 0 Å². The molecule has 0 amide bonds. The molecular formula is C12H14Br2N4O. The summed E-state index contributed by atoms with van der Waals surface area (Å²) in [7, 11) is 0. The fourth-order valence-corrected chi connectivity index (χ4v) is 2.63. The van der Waals surface area contributed by atoms with Gasteiger partial charge in [-0.3, -0.25) is 4.98 Å². The fourth-order valence-electron chi connectivity index (χ4n) is 1.46. The highest BCUT2D eigenvalue weighted by molar-refractivity contribution is 9.11. The van der Waals surface area contributed by atoms with E-state index < -0.39 is 0 Å². The SMILES string of the molecule is CC(C)(N)CCc1nc(-c2ncc(Br)cc2Br)no1. The number of aromatic nitrogens is 3. The third-order valence-corrected chi connectivity index (χ3v) is 3.51. The van der Waals surface area contributed by atoms with Gasteiger partial charge in [-0.25, -0.2) is 0 Å². The van der Waals surface area contributed by atoms with Crippen LogP contribution in [0.2, 0.25) is 0 Å². The van der Waals surface area contributed by atoms with Crippen molar-refractivity contribution in [3.63, 3.8) is 0 Å². The molecule has 0 aliphatic heterocycles. The third-order valence-electron chi connectivity index (χ3n) is 2.47. The Morgan fingerprint density at radius 3 is 2.74 bits per heavy atom. The Morgan fingerprint density at radius 2 is 2.11 bits per heavy atom. The molecule has 0 atom stereocenters. The fraction of sp³-hybridized carbons (Fsp3) is 0.417. The van der Waals surface area contributed by atoms with Gasteiger partial charge in [0.05, 0.1) is 0 Å². The second-order valence-electron chi connectivity index (χ2n) is 4.98. The van der Waals surface area contributed by atoms with E-state index in [-0.39, 0.29) is 5.54 Å². The molecule has 0 spiro atoms. The van der Waals surface area contributed by atoms with Crippen LogP contribution >= 0.6 is 31.9 Å². The first-order chi connectivity index (χ1) is 8.85. The number of rotatable bonds is 4. The van der Waals surface area contributed by atoms with E-state index in [1.165, 1.54) is 0 Å². The van der Waals surface area contributed by atoms with E-state index in [1.807, 2.05) is 19.9 Å². The quantitative estimate of drug-likeness (QED) is 0.867. The van der Waals surface area contributed by atoms with Gasteiger partial charge in [-0.2, -0.15) is 4.98 Å². The first kappa shape index (κ1) is 14.6. The minimum atomic E-state index is -0.245. The van der Waals surface area contributed by atoms with Crippen LogP contribution in [-0.2, 0) is 6.42 Å². The van der Waals surface area contributed by atoms with Crippen molar-refractivity contribution in [1.82, 2.24) is 15.1 Å². The van der Waals surface area contributed by atoms with E-state index in [1.54, 1.807) is 6.20 Å². The van der Waals surface area contributed by atoms with E-state index >= 15 is 0 Å². The van der Waals surface area contributed by atoms with Crippen LogP contribution in [0, 0.1) is 0 Å². The summed E-state index contributed by atoms with van der Waals surface area (Å²) >= 11 is 6.78. The molecule has 0 aliphatic rings. The Kier molecular flexibility index (Phi) is 4.37. The van der Waals surface area contributed by atoms with Gasteiger partial charge >= 0.3 is 0 Å².